The van der Waals surface area contributed by atoms with Gasteiger partial charge in [0.25, 0.3) is 0 Å². The summed E-state index contributed by atoms with van der Waals surface area (Å²) < 4.78 is 13.8. The van der Waals surface area contributed by atoms with Crippen molar-refractivity contribution in [2.45, 2.75) is 35.1 Å². The zero-order valence-electron chi connectivity index (χ0n) is 19.3. The Labute approximate surface area is 203 Å². The lowest BCUT2D eigenvalue weighted by molar-refractivity contribution is 0.619. The van der Waals surface area contributed by atoms with Gasteiger partial charge in [0.1, 0.15) is 5.82 Å². The van der Waals surface area contributed by atoms with Gasteiger partial charge in [-0.05, 0) is 72.3 Å². The van der Waals surface area contributed by atoms with Gasteiger partial charge in [-0.15, -0.1) is 0 Å². The van der Waals surface area contributed by atoms with Gasteiger partial charge in [0.2, 0.25) is 0 Å². The predicted octanol–water partition coefficient (Wildman–Crippen LogP) is 8.39. The molecule has 0 aliphatic heterocycles. The summed E-state index contributed by atoms with van der Waals surface area (Å²) in [6, 6.07) is 13.3. The minimum Gasteiger partial charge on any atom is -0.388 e. The van der Waals surface area contributed by atoms with Crippen molar-refractivity contribution in [3.8, 4) is 22.4 Å². The van der Waals surface area contributed by atoms with Crippen LogP contribution in [0.1, 0.15) is 33.8 Å². The predicted molar refractivity (Wildman–Crippen MR) is 148 cm³/mol. The summed E-state index contributed by atoms with van der Waals surface area (Å²) in [6.07, 6.45) is 1.75. The van der Waals surface area contributed by atoms with Crippen LogP contribution in [0.4, 0.5) is 15.8 Å². The van der Waals surface area contributed by atoms with E-state index in [0.717, 1.165) is 39.3 Å². The SMILES string of the molecule is C.C=CSC(=N)CNc1cnc(-c2ccc(F)c(C)c2)c(-c2ccc(NC)c(C)c2)c1.CC.[HH]. The van der Waals surface area contributed by atoms with Gasteiger partial charge in [-0.25, -0.2) is 4.39 Å². The van der Waals surface area contributed by atoms with Crippen molar-refractivity contribution in [3.63, 3.8) is 0 Å². The van der Waals surface area contributed by atoms with Crippen molar-refractivity contribution in [2.24, 2.45) is 0 Å². The van der Waals surface area contributed by atoms with Gasteiger partial charge in [-0.2, -0.15) is 0 Å². The number of hydrogen-bond donors (Lipinski definition) is 3. The van der Waals surface area contributed by atoms with Gasteiger partial charge in [0.15, 0.2) is 0 Å². The number of rotatable bonds is 7. The Morgan fingerprint density at radius 2 is 1.79 bits per heavy atom. The topological polar surface area (TPSA) is 60.8 Å². The number of hydrogen-bond acceptors (Lipinski definition) is 5. The molecular formula is C27H37FN4S. The largest absolute Gasteiger partial charge is 0.388 e. The molecule has 1 aromatic heterocycles. The molecule has 3 rings (SSSR count). The number of nitrogens with one attached hydrogen (secondary N) is 3. The second-order valence-electron chi connectivity index (χ2n) is 6.93. The van der Waals surface area contributed by atoms with E-state index >= 15 is 0 Å². The maximum absolute atomic E-state index is 13.8. The molecule has 1 heterocycles. The molecule has 4 nitrogen and oxygen atoms in total. The first kappa shape index (κ1) is 27.9. The fourth-order valence-electron chi connectivity index (χ4n) is 3.24. The highest BCUT2D eigenvalue weighted by Gasteiger charge is 2.13. The van der Waals surface area contributed by atoms with E-state index in [0.29, 0.717) is 17.2 Å². The molecule has 2 aromatic carbocycles. The summed E-state index contributed by atoms with van der Waals surface area (Å²) >= 11 is 1.28. The molecule has 0 atom stereocenters. The van der Waals surface area contributed by atoms with Gasteiger partial charge < -0.3 is 10.6 Å². The monoisotopic (exact) mass is 468 g/mol. The number of aryl methyl sites for hydroxylation is 2. The van der Waals surface area contributed by atoms with Crippen LogP contribution in [0.2, 0.25) is 0 Å². The molecule has 0 amide bonds. The van der Waals surface area contributed by atoms with Gasteiger partial charge in [-0.1, -0.05) is 45.7 Å². The van der Waals surface area contributed by atoms with Crippen molar-refractivity contribution in [1.29, 1.82) is 5.41 Å². The van der Waals surface area contributed by atoms with E-state index in [-0.39, 0.29) is 14.7 Å². The second kappa shape index (κ2) is 13.4. The first-order chi connectivity index (χ1) is 15.4. The first-order valence-corrected chi connectivity index (χ1v) is 11.4. The Morgan fingerprint density at radius 3 is 2.39 bits per heavy atom. The van der Waals surface area contributed by atoms with E-state index in [2.05, 4.69) is 36.3 Å². The first-order valence-electron chi connectivity index (χ1n) is 10.6. The molecule has 0 aliphatic rings. The number of benzene rings is 2. The number of aromatic nitrogens is 1. The lowest BCUT2D eigenvalue weighted by atomic mass is 9.96. The summed E-state index contributed by atoms with van der Waals surface area (Å²) in [5, 5.41) is 16.5. The molecule has 0 aliphatic carbocycles. The van der Waals surface area contributed by atoms with E-state index in [4.69, 9.17) is 10.4 Å². The number of thioether (sulfide) groups is 1. The van der Waals surface area contributed by atoms with Crippen molar-refractivity contribution >= 4 is 28.2 Å². The van der Waals surface area contributed by atoms with Crippen LogP contribution in [0.5, 0.6) is 0 Å². The summed E-state index contributed by atoms with van der Waals surface area (Å²) in [4.78, 5) is 4.69. The molecule has 0 bridgehead atoms. The van der Waals surface area contributed by atoms with Gasteiger partial charge in [-0.3, -0.25) is 10.4 Å². The standard InChI is InChI=1S/C24H25FN4S.C2H6.CH4.H2/c1-5-30-23(26)14-28-19-12-20(17-7-9-22(27-4)16(3)11-17)24(29-13-19)18-6-8-21(25)15(2)10-18;1-2;;/h5-13,26-28H,1,14H2,2-4H3;1-2H3;1H4;1H. The van der Waals surface area contributed by atoms with E-state index < -0.39 is 0 Å². The second-order valence-corrected chi connectivity index (χ2v) is 7.99. The third-order valence-corrected chi connectivity index (χ3v) is 5.40. The highest BCUT2D eigenvalue weighted by molar-refractivity contribution is 8.16. The van der Waals surface area contributed by atoms with E-state index in [1.54, 1.807) is 24.6 Å². The number of halogens is 1. The van der Waals surface area contributed by atoms with E-state index in [9.17, 15) is 4.39 Å². The van der Waals surface area contributed by atoms with Crippen molar-refractivity contribution < 1.29 is 5.82 Å². The van der Waals surface area contributed by atoms with Gasteiger partial charge in [0, 0.05) is 25.3 Å². The molecule has 0 saturated heterocycles. The molecule has 0 spiro atoms. The summed E-state index contributed by atoms with van der Waals surface area (Å²) in [6.45, 7) is 11.8. The number of nitrogens with zero attached hydrogens (tertiary/aromatic N) is 1. The highest BCUT2D eigenvalue weighted by Crippen LogP contribution is 2.34. The van der Waals surface area contributed by atoms with Crippen LogP contribution in [-0.2, 0) is 0 Å². The molecule has 0 fully saturated rings. The van der Waals surface area contributed by atoms with Crippen LogP contribution >= 0.6 is 11.8 Å². The van der Waals surface area contributed by atoms with E-state index in [1.165, 1.54) is 17.8 Å². The molecule has 0 unspecified atom stereocenters. The minimum atomic E-state index is -0.231. The zero-order valence-corrected chi connectivity index (χ0v) is 20.2. The lowest BCUT2D eigenvalue weighted by Gasteiger charge is -2.15. The van der Waals surface area contributed by atoms with Crippen LogP contribution in [0.15, 0.2) is 60.6 Å². The fourth-order valence-corrected chi connectivity index (χ4v) is 3.60. The summed E-state index contributed by atoms with van der Waals surface area (Å²) in [7, 11) is 1.90. The maximum atomic E-state index is 13.8. The average Bonchev–Trinajstić information content (AvgIpc) is 2.81. The molecule has 33 heavy (non-hydrogen) atoms. The Morgan fingerprint density at radius 1 is 1.12 bits per heavy atom. The summed E-state index contributed by atoms with van der Waals surface area (Å²) in [5.74, 6) is -0.231. The number of pyridine rings is 1. The number of anilines is 2. The third kappa shape index (κ3) is 7.19. The quantitative estimate of drug-likeness (QED) is 0.241. The Bertz CT molecular complexity index is 1100. The fraction of sp³-hybridized carbons (Fsp3) is 0.259. The van der Waals surface area contributed by atoms with Crippen LogP contribution in [0.25, 0.3) is 22.4 Å². The molecule has 0 saturated carbocycles. The van der Waals surface area contributed by atoms with Crippen LogP contribution in [-0.4, -0.2) is 23.6 Å². The molecular weight excluding hydrogens is 431 g/mol. The van der Waals surface area contributed by atoms with Gasteiger partial charge >= 0.3 is 0 Å². The van der Waals surface area contributed by atoms with E-state index in [1.807, 2.05) is 39.1 Å². The summed E-state index contributed by atoms with van der Waals surface area (Å²) in [5.41, 5.74) is 7.21. The third-order valence-electron chi connectivity index (χ3n) is 4.80. The van der Waals surface area contributed by atoms with Crippen LogP contribution in [0.3, 0.4) is 0 Å². The smallest absolute Gasteiger partial charge is 0.126 e. The minimum absolute atomic E-state index is 0. The van der Waals surface area contributed by atoms with Crippen molar-refractivity contribution in [2.75, 3.05) is 24.2 Å². The van der Waals surface area contributed by atoms with Crippen LogP contribution in [0, 0.1) is 25.1 Å². The molecule has 6 heteroatoms. The molecule has 3 aromatic rings. The molecule has 3 N–H and O–H groups in total. The molecule has 178 valence electrons. The Balaban J connectivity index is 0.00000265. The Hall–Kier alpha value is -3.12. The van der Waals surface area contributed by atoms with Gasteiger partial charge in [0.05, 0.1) is 29.2 Å². The lowest BCUT2D eigenvalue weighted by Crippen LogP contribution is -2.09. The molecule has 0 radical (unpaired) electrons. The maximum Gasteiger partial charge on any atom is 0.126 e. The Kier molecular flexibility index (Phi) is 11.4. The highest BCUT2D eigenvalue weighted by atomic mass is 32.2. The normalized spacial score (nSPS) is 9.76. The van der Waals surface area contributed by atoms with Crippen LogP contribution < -0.4 is 10.6 Å². The zero-order chi connectivity index (χ0) is 23.7. The average molecular weight is 469 g/mol. The van der Waals surface area contributed by atoms with Crippen molar-refractivity contribution in [3.05, 3.63) is 77.6 Å². The van der Waals surface area contributed by atoms with Crippen molar-refractivity contribution in [1.82, 2.24) is 4.98 Å².